The molecule has 0 spiro atoms. The Morgan fingerprint density at radius 1 is 0.340 bits per heavy atom. The zero-order valence-corrected chi connectivity index (χ0v) is 31.0. The standard InChI is InChI=1S/C6H8B45O2/c1-3-4(2)53-6(32(46(36(14)15)37(16)17)48(50(40(22)23)41(24)25)51(42(26)27)43(28)29)5(52-3)31(45(34(10)11)35(12)13)47(44(30-7)33(8)9)49(38(18)19)39(20)21/h5-6H,1-2H3. The van der Waals surface area contributed by atoms with E-state index >= 15 is 0 Å². The van der Waals surface area contributed by atoms with Gasteiger partial charge in [0.25, 0.3) is 0 Å². The number of allylic oxidation sites excluding steroid dienone is 2. The van der Waals surface area contributed by atoms with E-state index in [1.165, 1.54) is 7.06 Å². The van der Waals surface area contributed by atoms with Crippen molar-refractivity contribution in [3.05, 3.63) is 11.5 Å². The summed E-state index contributed by atoms with van der Waals surface area (Å²) in [5, 5.41) is 0. The van der Waals surface area contributed by atoms with Crippen molar-refractivity contribution in [2.75, 3.05) is 0 Å². The molecule has 2 atom stereocenters. The molecular formula is C6H8B45O2. The van der Waals surface area contributed by atoms with Crippen molar-refractivity contribution in [2.24, 2.45) is 0 Å². The molecule has 0 fully saturated rings. The van der Waals surface area contributed by atoms with Gasteiger partial charge in [0.2, 0.25) is 0 Å². The molecule has 1 rings (SSSR count). The first kappa shape index (κ1) is 53.3. The number of hydrogen-bond acceptors (Lipinski definition) is 2. The van der Waals surface area contributed by atoms with E-state index in [-0.39, 0.29) is 0 Å². The molecule has 0 saturated carbocycles. The van der Waals surface area contributed by atoms with Crippen LogP contribution in [0.5, 0.6) is 0 Å². The molecule has 0 bridgehead atoms. The summed E-state index contributed by atoms with van der Waals surface area (Å²) in [4.78, 5) is 0. The minimum Gasteiger partial charge on any atom is -0.499 e. The summed E-state index contributed by atoms with van der Waals surface area (Å²) in [6.07, 6.45) is -22.3. The molecule has 53 heavy (non-hydrogen) atoms. The van der Waals surface area contributed by atoms with Crippen LogP contribution in [0, 0.1) is 0 Å². The highest BCUT2D eigenvalue weighted by molar-refractivity contribution is 8.21. The van der Waals surface area contributed by atoms with Gasteiger partial charge in [-0.2, -0.15) is 0 Å². The quantitative estimate of drug-likeness (QED) is 0.115. The summed E-state index contributed by atoms with van der Waals surface area (Å²) in [7, 11) is 149. The second-order valence-corrected chi connectivity index (χ2v) is 14.6. The number of ether oxygens (including phenoxy) is 2. The monoisotopic (exact) mass is 607 g/mol. The first-order chi connectivity index (χ1) is 24.3. The molecular weight excluding hydrogens is 591 g/mol. The van der Waals surface area contributed by atoms with Crippen LogP contribution in [0.15, 0.2) is 11.5 Å². The third-order valence-electron chi connectivity index (χ3n) is 10.9. The molecule has 2 unspecified atom stereocenters. The predicted molar refractivity (Wildman–Crippen MR) is 287 cm³/mol. The third-order valence-corrected chi connectivity index (χ3v) is 10.9. The molecule has 2 nitrogen and oxygen atoms in total. The van der Waals surface area contributed by atoms with Gasteiger partial charge >= 0.3 is 0 Å². The van der Waals surface area contributed by atoms with Gasteiger partial charge in [-0.1, -0.05) is 0 Å². The van der Waals surface area contributed by atoms with Gasteiger partial charge in [0.05, 0.1) is 25.0 Å². The SMILES string of the molecule is [B][B]B(B([B])[B])B(B(B([B])[B])B([B])[B])B(B(B([B])[B])B([B])[B])C1OC(C)=C(C)OC1B(B(B([B])[B])B([B])[B])B(B(B([B])[B])B([B])[B])B(B([B])[B])B([B])[B]. The van der Waals surface area contributed by atoms with E-state index in [4.69, 9.17) is 187 Å². The summed E-state index contributed by atoms with van der Waals surface area (Å²) in [5.41, 5.74) is 0. The first-order valence-corrected chi connectivity index (χ1v) is 17.5. The zero-order chi connectivity index (χ0) is 41.6. The lowest BCUT2D eigenvalue weighted by Crippen LogP contribution is -2.89. The molecule has 1 heterocycles. The van der Waals surface area contributed by atoms with Gasteiger partial charge in [0, 0.05) is 306 Å². The Morgan fingerprint density at radius 2 is 0.566 bits per heavy atom. The van der Waals surface area contributed by atoms with Gasteiger partial charge in [-0.05, 0) is 13.8 Å². The molecule has 0 N–H and O–H groups in total. The Hall–Kier alpha value is 2.26. The van der Waals surface area contributed by atoms with Crippen LogP contribution in [-0.4, -0.2) is 331 Å². The zero-order valence-electron chi connectivity index (χ0n) is 31.0. The topological polar surface area (TPSA) is 18.5 Å². The number of rotatable bonds is 22. The maximum atomic E-state index is 6.78. The molecule has 0 aliphatic carbocycles. The average Bonchev–Trinajstić information content (AvgIpc) is 2.97. The molecule has 179 valence electrons. The molecule has 47 radical (unpaired) electrons. The largest absolute Gasteiger partial charge is 0.499 e. The smallest absolute Gasteiger partial charge is 0.129 e. The van der Waals surface area contributed by atoms with Crippen molar-refractivity contribution < 1.29 is 9.47 Å². The van der Waals surface area contributed by atoms with Crippen molar-refractivity contribution in [3.63, 3.8) is 0 Å². The van der Waals surface area contributed by atoms with Crippen molar-refractivity contribution in [3.8, 4) is 0 Å². The number of hydrogen-bond donors (Lipinski definition) is 0. The second kappa shape index (κ2) is 23.9. The summed E-state index contributed by atoms with van der Waals surface area (Å²) >= 11 is 0. The van der Waals surface area contributed by atoms with Crippen molar-refractivity contribution in [2.45, 2.75) is 25.9 Å². The van der Waals surface area contributed by atoms with Crippen LogP contribution in [0.1, 0.15) is 13.8 Å². The van der Waals surface area contributed by atoms with Crippen LogP contribution in [0.2, 0.25) is 0 Å². The van der Waals surface area contributed by atoms with E-state index in [0.717, 1.165) is 0 Å². The Balaban J connectivity index is 4.77. The van der Waals surface area contributed by atoms with Crippen molar-refractivity contribution >= 4 is 319 Å². The first-order valence-electron chi connectivity index (χ1n) is 17.5. The maximum Gasteiger partial charge on any atom is 0.129 e. The molecule has 1 aliphatic heterocycles. The van der Waals surface area contributed by atoms with E-state index in [2.05, 4.69) is 0 Å². The fraction of sp³-hybridized carbons (Fsp3) is 0.667. The summed E-state index contributed by atoms with van der Waals surface area (Å²) in [5.74, 6) is 0.592. The molecule has 1 aliphatic rings. The summed E-state index contributed by atoms with van der Waals surface area (Å²) in [6.45, 7) is 0.987. The molecule has 0 aromatic heterocycles. The van der Waals surface area contributed by atoms with Crippen LogP contribution >= 0.6 is 0 Å². The highest BCUT2D eigenvalue weighted by Crippen LogP contribution is 2.31. The highest BCUT2D eigenvalue weighted by atomic mass is 16.6. The molecule has 0 aromatic carbocycles. The van der Waals surface area contributed by atoms with Crippen molar-refractivity contribution in [1.29, 1.82) is 0 Å². The van der Waals surface area contributed by atoms with Gasteiger partial charge in [0.1, 0.15) is 11.5 Å². The fourth-order valence-electron chi connectivity index (χ4n) is 8.59. The van der Waals surface area contributed by atoms with Gasteiger partial charge in [0.15, 0.2) is 0 Å². The van der Waals surface area contributed by atoms with Crippen LogP contribution in [-0.2, 0) is 9.47 Å². The highest BCUT2D eigenvalue weighted by Gasteiger charge is 2.60. The van der Waals surface area contributed by atoms with Crippen LogP contribution in [0.3, 0.4) is 0 Å². The Kier molecular flexibility index (Phi) is 24.0. The van der Waals surface area contributed by atoms with E-state index in [9.17, 15) is 0 Å². The van der Waals surface area contributed by atoms with E-state index in [1.807, 2.05) is 0 Å². The molecule has 0 aromatic rings. The predicted octanol–water partition coefficient (Wildman–Crippen LogP) is -16.1. The summed E-state index contributed by atoms with van der Waals surface area (Å²) < 4.78 is 13.6. The molecule has 47 heteroatoms. The minimum absolute atomic E-state index is 0.294. The van der Waals surface area contributed by atoms with Gasteiger partial charge in [-0.15, -0.1) is 0 Å². The van der Waals surface area contributed by atoms with Gasteiger partial charge < -0.3 is 9.47 Å². The van der Waals surface area contributed by atoms with Crippen LogP contribution < -0.4 is 0 Å². The normalized spacial score (nSPS) is 14.3. The van der Waals surface area contributed by atoms with Gasteiger partial charge in [-0.25, -0.2) is 0 Å². The Bertz CT molecular complexity index is 1010. The fourth-order valence-corrected chi connectivity index (χ4v) is 8.59. The Morgan fingerprint density at radius 3 is 0.774 bits per heavy atom. The Labute approximate surface area is 363 Å². The van der Waals surface area contributed by atoms with Crippen LogP contribution in [0.25, 0.3) is 0 Å². The lowest BCUT2D eigenvalue weighted by atomic mass is 8.37. The molecule has 0 saturated heterocycles. The van der Waals surface area contributed by atoms with Crippen LogP contribution in [0.4, 0.5) is 0 Å². The average molecular weight is 599 g/mol. The lowest BCUT2D eigenvalue weighted by molar-refractivity contribution is 0.0144. The third kappa shape index (κ3) is 13.6. The lowest BCUT2D eigenvalue weighted by Gasteiger charge is -2.54. The minimum atomic E-state index is -1.29. The molecule has 0 amide bonds. The maximum absolute atomic E-state index is 6.78. The van der Waals surface area contributed by atoms with E-state index in [0.29, 0.717) is 11.5 Å². The van der Waals surface area contributed by atoms with E-state index in [1.54, 1.807) is 13.8 Å². The summed E-state index contributed by atoms with van der Waals surface area (Å²) in [6, 6.07) is -2.57. The van der Waals surface area contributed by atoms with Gasteiger partial charge in [-0.3, -0.25) is 0 Å². The van der Waals surface area contributed by atoms with Crippen molar-refractivity contribution in [1.82, 2.24) is 0 Å². The van der Waals surface area contributed by atoms with E-state index < -0.39 is 146 Å². The second-order valence-electron chi connectivity index (χ2n) is 14.6.